The highest BCUT2D eigenvalue weighted by atomic mass is 35.5. The van der Waals surface area contributed by atoms with Gasteiger partial charge in [-0.3, -0.25) is 9.78 Å². The number of carbonyl (C=O) groups excluding carboxylic acids is 1. The number of sulfonamides is 1. The fraction of sp³-hybridized carbons (Fsp3) is 0.241. The van der Waals surface area contributed by atoms with Crippen LogP contribution in [0.4, 0.5) is 0 Å². The van der Waals surface area contributed by atoms with E-state index in [2.05, 4.69) is 16.0 Å². The molecule has 5 rings (SSSR count). The monoisotopic (exact) mass is 584 g/mol. The molecule has 1 fully saturated rings. The van der Waals surface area contributed by atoms with Crippen LogP contribution >= 0.6 is 24.0 Å². The summed E-state index contributed by atoms with van der Waals surface area (Å²) in [5.41, 5.74) is 3.62. The predicted molar refractivity (Wildman–Crippen MR) is 158 cm³/mol. The van der Waals surface area contributed by atoms with E-state index in [0.29, 0.717) is 23.7 Å². The number of rotatable bonds is 6. The lowest BCUT2D eigenvalue weighted by Crippen LogP contribution is -2.50. The lowest BCUT2D eigenvalue weighted by atomic mass is 10.0. The van der Waals surface area contributed by atoms with Gasteiger partial charge < -0.3 is 9.80 Å². The van der Waals surface area contributed by atoms with Crippen LogP contribution in [0.2, 0.25) is 5.02 Å². The van der Waals surface area contributed by atoms with Crippen LogP contribution in [0.5, 0.6) is 0 Å². The van der Waals surface area contributed by atoms with E-state index in [-0.39, 0.29) is 36.3 Å². The van der Waals surface area contributed by atoms with E-state index in [0.717, 1.165) is 34.1 Å². The number of halogens is 2. The molecule has 0 saturated carbocycles. The minimum absolute atomic E-state index is 0. The first kappa shape index (κ1) is 29.0. The van der Waals surface area contributed by atoms with Crippen LogP contribution in [0.3, 0.4) is 0 Å². The van der Waals surface area contributed by atoms with E-state index in [9.17, 15) is 13.2 Å². The zero-order chi connectivity index (χ0) is 26.9. The normalized spacial score (nSPS) is 14.4. The second-order valence-electron chi connectivity index (χ2n) is 9.70. The molecule has 0 spiro atoms. The van der Waals surface area contributed by atoms with Gasteiger partial charge in [0.1, 0.15) is 0 Å². The number of aromatic nitrogens is 1. The van der Waals surface area contributed by atoms with Gasteiger partial charge in [-0.05, 0) is 84.5 Å². The van der Waals surface area contributed by atoms with E-state index < -0.39 is 10.0 Å². The highest BCUT2D eigenvalue weighted by Gasteiger charge is 2.30. The molecule has 1 aliphatic rings. The number of nitrogens with zero attached hydrogens (tertiary/aromatic N) is 4. The molecule has 0 radical (unpaired) electrons. The third kappa shape index (κ3) is 6.42. The molecule has 39 heavy (non-hydrogen) atoms. The maximum atomic E-state index is 13.3. The molecule has 2 heterocycles. The number of amides is 1. The van der Waals surface area contributed by atoms with E-state index in [1.54, 1.807) is 35.4 Å². The Kier molecular flexibility index (Phi) is 8.93. The molecule has 0 bridgehead atoms. The minimum atomic E-state index is -3.67. The van der Waals surface area contributed by atoms with Gasteiger partial charge in [0.25, 0.3) is 5.91 Å². The molecule has 4 aromatic rings. The highest BCUT2D eigenvalue weighted by molar-refractivity contribution is 7.89. The van der Waals surface area contributed by atoms with Crippen molar-refractivity contribution in [2.75, 3.05) is 40.3 Å². The third-order valence-corrected chi connectivity index (χ3v) is 8.83. The fourth-order valence-electron chi connectivity index (χ4n) is 4.69. The Balaban J connectivity index is 0.00000353. The van der Waals surface area contributed by atoms with Gasteiger partial charge in [0.05, 0.1) is 10.6 Å². The summed E-state index contributed by atoms with van der Waals surface area (Å²) < 4.78 is 28.0. The average molecular weight is 586 g/mol. The quantitative estimate of drug-likeness (QED) is 0.312. The van der Waals surface area contributed by atoms with Gasteiger partial charge in [-0.2, -0.15) is 4.31 Å². The van der Waals surface area contributed by atoms with Gasteiger partial charge >= 0.3 is 0 Å². The molecule has 204 valence electrons. The van der Waals surface area contributed by atoms with Crippen molar-refractivity contribution in [3.05, 3.63) is 95.3 Å². The van der Waals surface area contributed by atoms with Crippen LogP contribution in [0.15, 0.2) is 83.9 Å². The van der Waals surface area contributed by atoms with E-state index in [1.165, 1.54) is 4.31 Å². The maximum absolute atomic E-state index is 13.3. The Morgan fingerprint density at radius 3 is 2.23 bits per heavy atom. The molecule has 0 atom stereocenters. The first-order chi connectivity index (χ1) is 18.2. The summed E-state index contributed by atoms with van der Waals surface area (Å²) in [5, 5.41) is 2.30. The number of hydrogen-bond donors (Lipinski definition) is 0. The van der Waals surface area contributed by atoms with Crippen molar-refractivity contribution in [1.29, 1.82) is 0 Å². The van der Waals surface area contributed by atoms with Gasteiger partial charge in [0, 0.05) is 49.5 Å². The zero-order valence-electron chi connectivity index (χ0n) is 21.7. The Morgan fingerprint density at radius 2 is 1.54 bits per heavy atom. The van der Waals surface area contributed by atoms with Crippen LogP contribution in [0.1, 0.15) is 16.1 Å². The maximum Gasteiger partial charge on any atom is 0.253 e. The molecule has 1 amide bonds. The number of benzene rings is 3. The van der Waals surface area contributed by atoms with Crippen molar-refractivity contribution in [2.24, 2.45) is 0 Å². The largest absolute Gasteiger partial charge is 0.336 e. The molecule has 0 unspecified atom stereocenters. The smallest absolute Gasteiger partial charge is 0.253 e. The molecule has 1 aromatic heterocycles. The summed E-state index contributed by atoms with van der Waals surface area (Å²) in [5.74, 6) is -0.0980. The molecule has 0 aliphatic carbocycles. The number of pyridine rings is 1. The summed E-state index contributed by atoms with van der Waals surface area (Å²) in [6.07, 6.45) is 1.80. The lowest BCUT2D eigenvalue weighted by Gasteiger charge is -2.34. The Labute approximate surface area is 240 Å². The van der Waals surface area contributed by atoms with Crippen molar-refractivity contribution in [2.45, 2.75) is 11.4 Å². The fourth-order valence-corrected chi connectivity index (χ4v) is 6.33. The van der Waals surface area contributed by atoms with Crippen molar-refractivity contribution in [1.82, 2.24) is 19.1 Å². The van der Waals surface area contributed by atoms with Gasteiger partial charge in [-0.15, -0.1) is 12.4 Å². The van der Waals surface area contributed by atoms with Crippen molar-refractivity contribution in [3.8, 4) is 11.1 Å². The first-order valence-corrected chi connectivity index (χ1v) is 14.2. The standard InChI is InChI=1S/C29H29ClN4O3S.ClH/c1-32(2)20-27-18-25(11-12-31-27)21-3-5-22(6-4-21)29(35)33-13-15-34(16-14-33)38(36,37)28-10-8-23-17-26(30)9-7-24(23)19-28;/h3-12,17-19H,13-16,20H2,1-2H3;1H. The van der Waals surface area contributed by atoms with Gasteiger partial charge in [0.2, 0.25) is 10.0 Å². The second kappa shape index (κ2) is 12.0. The molecule has 7 nitrogen and oxygen atoms in total. The van der Waals surface area contributed by atoms with E-state index >= 15 is 0 Å². The number of piperazine rings is 1. The molecule has 0 N–H and O–H groups in total. The Bertz CT molecular complexity index is 1590. The first-order valence-electron chi connectivity index (χ1n) is 12.4. The molecule has 1 saturated heterocycles. The van der Waals surface area contributed by atoms with Crippen molar-refractivity contribution >= 4 is 50.7 Å². The summed E-state index contributed by atoms with van der Waals surface area (Å²) in [7, 11) is 0.338. The highest BCUT2D eigenvalue weighted by Crippen LogP contribution is 2.26. The van der Waals surface area contributed by atoms with Gasteiger partial charge in [0.15, 0.2) is 0 Å². The van der Waals surface area contributed by atoms with Crippen LogP contribution < -0.4 is 0 Å². The summed E-state index contributed by atoms with van der Waals surface area (Å²) in [6, 6.07) is 22.0. The summed E-state index contributed by atoms with van der Waals surface area (Å²) >= 11 is 6.05. The molecule has 10 heteroatoms. The topological polar surface area (TPSA) is 73.8 Å². The van der Waals surface area contributed by atoms with Crippen molar-refractivity contribution < 1.29 is 13.2 Å². The molecular formula is C29H30Cl2N4O3S. The van der Waals surface area contributed by atoms with Gasteiger partial charge in [-0.1, -0.05) is 35.9 Å². The molecule has 3 aromatic carbocycles. The number of hydrogen-bond acceptors (Lipinski definition) is 5. The Morgan fingerprint density at radius 1 is 0.872 bits per heavy atom. The van der Waals surface area contributed by atoms with Crippen LogP contribution in [-0.4, -0.2) is 73.7 Å². The second-order valence-corrected chi connectivity index (χ2v) is 12.1. The van der Waals surface area contributed by atoms with Crippen LogP contribution in [0.25, 0.3) is 21.9 Å². The molecule has 1 aliphatic heterocycles. The van der Waals surface area contributed by atoms with Gasteiger partial charge in [-0.25, -0.2) is 8.42 Å². The van der Waals surface area contributed by atoms with E-state index in [1.807, 2.05) is 56.6 Å². The SMILES string of the molecule is CN(C)Cc1cc(-c2ccc(C(=O)N3CCN(S(=O)(=O)c4ccc5cc(Cl)ccc5c4)CC3)cc2)ccn1.Cl. The lowest BCUT2D eigenvalue weighted by molar-refractivity contribution is 0.0698. The average Bonchev–Trinajstić information content (AvgIpc) is 2.92. The Hall–Kier alpha value is -3.01. The number of carbonyl (C=O) groups is 1. The molecular weight excluding hydrogens is 555 g/mol. The minimum Gasteiger partial charge on any atom is -0.336 e. The zero-order valence-corrected chi connectivity index (χ0v) is 24.1. The van der Waals surface area contributed by atoms with Crippen molar-refractivity contribution in [3.63, 3.8) is 0 Å². The van der Waals surface area contributed by atoms with E-state index in [4.69, 9.17) is 11.6 Å². The summed E-state index contributed by atoms with van der Waals surface area (Å²) in [4.78, 5) is 21.6. The van der Waals surface area contributed by atoms with Crippen LogP contribution in [0, 0.1) is 0 Å². The third-order valence-electron chi connectivity index (χ3n) is 6.70. The van der Waals surface area contributed by atoms with Crippen LogP contribution in [-0.2, 0) is 16.6 Å². The predicted octanol–water partition coefficient (Wildman–Crippen LogP) is 5.19. The summed E-state index contributed by atoms with van der Waals surface area (Å²) in [6.45, 7) is 1.91. The number of fused-ring (bicyclic) bond motifs is 1.